The van der Waals surface area contributed by atoms with Crippen LogP contribution in [0.25, 0.3) is 11.3 Å². The molecule has 0 amide bonds. The summed E-state index contributed by atoms with van der Waals surface area (Å²) in [6.07, 6.45) is 3.18. The van der Waals surface area contributed by atoms with Crippen LogP contribution in [0.15, 0.2) is 56.7 Å². The summed E-state index contributed by atoms with van der Waals surface area (Å²) in [5.74, 6) is 1.30. The van der Waals surface area contributed by atoms with Gasteiger partial charge in [-0.15, -0.1) is 0 Å². The summed E-state index contributed by atoms with van der Waals surface area (Å²) in [5, 5.41) is 4.06. The summed E-state index contributed by atoms with van der Waals surface area (Å²) in [7, 11) is 1.61. The third-order valence-electron chi connectivity index (χ3n) is 4.15. The Kier molecular flexibility index (Phi) is 5.36. The van der Waals surface area contributed by atoms with Crippen molar-refractivity contribution >= 4 is 0 Å². The number of unbranched alkanes of at least 4 members (excludes halogenated alkanes) is 1. The number of ether oxygens (including phenoxy) is 1. The molecule has 0 saturated carbocycles. The highest BCUT2D eigenvalue weighted by atomic mass is 16.5. The first-order valence-corrected chi connectivity index (χ1v) is 8.52. The molecule has 136 valence electrons. The smallest absolute Gasteiger partial charge is 0.331 e. The van der Waals surface area contributed by atoms with Crippen molar-refractivity contribution < 1.29 is 9.26 Å². The first-order valence-electron chi connectivity index (χ1n) is 8.52. The lowest BCUT2D eigenvalue weighted by atomic mass is 10.1. The lowest BCUT2D eigenvalue weighted by Gasteiger charge is -2.07. The van der Waals surface area contributed by atoms with Gasteiger partial charge in [0.15, 0.2) is 5.76 Å². The first-order chi connectivity index (χ1) is 12.6. The Morgan fingerprint density at radius 2 is 1.92 bits per heavy atom. The van der Waals surface area contributed by atoms with Gasteiger partial charge >= 0.3 is 5.69 Å². The summed E-state index contributed by atoms with van der Waals surface area (Å²) in [6, 6.07) is 10.7. The number of methoxy groups -OCH3 is 1. The van der Waals surface area contributed by atoms with Crippen molar-refractivity contribution in [2.75, 3.05) is 7.11 Å². The van der Waals surface area contributed by atoms with Crippen LogP contribution in [0.4, 0.5) is 0 Å². The number of nitrogens with zero attached hydrogens (tertiary/aromatic N) is 3. The van der Waals surface area contributed by atoms with E-state index in [9.17, 15) is 9.59 Å². The third-order valence-corrected chi connectivity index (χ3v) is 4.15. The van der Waals surface area contributed by atoms with Crippen molar-refractivity contribution in [2.45, 2.75) is 32.9 Å². The maximum Gasteiger partial charge on any atom is 0.331 e. The van der Waals surface area contributed by atoms with Crippen LogP contribution in [0.2, 0.25) is 0 Å². The van der Waals surface area contributed by atoms with Crippen LogP contribution < -0.4 is 16.0 Å². The molecule has 0 fully saturated rings. The van der Waals surface area contributed by atoms with Crippen LogP contribution in [0.5, 0.6) is 5.75 Å². The number of hydrogen-bond donors (Lipinski definition) is 0. The molecule has 3 rings (SSSR count). The molecule has 7 heteroatoms. The molecule has 1 aromatic carbocycles. The van der Waals surface area contributed by atoms with Gasteiger partial charge < -0.3 is 9.26 Å². The van der Waals surface area contributed by atoms with E-state index in [0.29, 0.717) is 18.0 Å². The maximum atomic E-state index is 12.5. The van der Waals surface area contributed by atoms with Gasteiger partial charge in [-0.1, -0.05) is 18.5 Å². The molecule has 0 N–H and O–H groups in total. The quantitative estimate of drug-likeness (QED) is 0.651. The molecule has 2 aromatic heterocycles. The van der Waals surface area contributed by atoms with Crippen LogP contribution in [0.3, 0.4) is 0 Å². The lowest BCUT2D eigenvalue weighted by molar-refractivity contribution is 0.373. The Balaban J connectivity index is 1.83. The van der Waals surface area contributed by atoms with Crippen molar-refractivity contribution in [2.24, 2.45) is 0 Å². The second-order valence-corrected chi connectivity index (χ2v) is 5.98. The summed E-state index contributed by atoms with van der Waals surface area (Å²) in [5.41, 5.74) is 0.945. The molecule has 0 aliphatic heterocycles. The Morgan fingerprint density at radius 1 is 1.15 bits per heavy atom. The molecule has 0 aliphatic rings. The number of aromatic nitrogens is 3. The highest BCUT2D eigenvalue weighted by Gasteiger charge is 2.10. The summed E-state index contributed by atoms with van der Waals surface area (Å²) in [6.45, 7) is 2.65. The zero-order chi connectivity index (χ0) is 18.5. The molecule has 0 unspecified atom stereocenters. The minimum absolute atomic E-state index is 0.217. The SMILES string of the molecule is CCCCn1c(=O)ccn(Cc2cc(-c3ccc(OC)cc3)no2)c1=O. The van der Waals surface area contributed by atoms with Gasteiger partial charge in [-0.05, 0) is 30.7 Å². The van der Waals surface area contributed by atoms with Crippen molar-refractivity contribution in [1.82, 2.24) is 14.3 Å². The molecule has 0 bridgehead atoms. The number of hydrogen-bond acceptors (Lipinski definition) is 5. The molecule has 3 aromatic rings. The topological polar surface area (TPSA) is 79.3 Å². The predicted octanol–water partition coefficient (Wildman–Crippen LogP) is 2.52. The zero-order valence-corrected chi connectivity index (χ0v) is 14.8. The number of rotatable bonds is 7. The first kappa shape index (κ1) is 17.7. The van der Waals surface area contributed by atoms with E-state index < -0.39 is 0 Å². The van der Waals surface area contributed by atoms with E-state index in [1.165, 1.54) is 21.4 Å². The summed E-state index contributed by atoms with van der Waals surface area (Å²) < 4.78 is 13.2. The van der Waals surface area contributed by atoms with E-state index in [0.717, 1.165) is 24.2 Å². The Labute approximate surface area is 150 Å². The van der Waals surface area contributed by atoms with Gasteiger partial charge in [-0.2, -0.15) is 0 Å². The fraction of sp³-hybridized carbons (Fsp3) is 0.316. The predicted molar refractivity (Wildman–Crippen MR) is 97.5 cm³/mol. The molecular weight excluding hydrogens is 334 g/mol. The van der Waals surface area contributed by atoms with Gasteiger partial charge in [0, 0.05) is 30.4 Å². The van der Waals surface area contributed by atoms with Gasteiger partial charge in [0.25, 0.3) is 5.56 Å². The highest BCUT2D eigenvalue weighted by Crippen LogP contribution is 2.22. The maximum absolute atomic E-state index is 12.5. The second kappa shape index (κ2) is 7.86. The van der Waals surface area contributed by atoms with Crippen molar-refractivity contribution in [3.05, 3.63) is 69.2 Å². The highest BCUT2D eigenvalue weighted by molar-refractivity contribution is 5.59. The van der Waals surface area contributed by atoms with Crippen LogP contribution in [0.1, 0.15) is 25.5 Å². The summed E-state index contributed by atoms with van der Waals surface area (Å²) in [4.78, 5) is 24.4. The van der Waals surface area contributed by atoms with E-state index in [-0.39, 0.29) is 17.8 Å². The molecule has 2 heterocycles. The molecule has 0 atom stereocenters. The zero-order valence-electron chi connectivity index (χ0n) is 14.8. The minimum atomic E-state index is -0.339. The number of benzene rings is 1. The summed E-state index contributed by atoms with van der Waals surface area (Å²) >= 11 is 0. The Bertz CT molecular complexity index is 983. The molecule has 0 spiro atoms. The fourth-order valence-corrected chi connectivity index (χ4v) is 2.65. The Morgan fingerprint density at radius 3 is 2.62 bits per heavy atom. The lowest BCUT2D eigenvalue weighted by Crippen LogP contribution is -2.39. The monoisotopic (exact) mass is 355 g/mol. The van der Waals surface area contributed by atoms with E-state index in [4.69, 9.17) is 9.26 Å². The molecule has 0 radical (unpaired) electrons. The van der Waals surface area contributed by atoms with Crippen LogP contribution in [-0.2, 0) is 13.1 Å². The van der Waals surface area contributed by atoms with E-state index >= 15 is 0 Å². The average molecular weight is 355 g/mol. The van der Waals surface area contributed by atoms with Crippen LogP contribution >= 0.6 is 0 Å². The Hall–Kier alpha value is -3.09. The van der Waals surface area contributed by atoms with E-state index in [1.54, 1.807) is 13.2 Å². The van der Waals surface area contributed by atoms with Crippen LogP contribution in [0, 0.1) is 0 Å². The van der Waals surface area contributed by atoms with Gasteiger partial charge in [-0.3, -0.25) is 13.9 Å². The van der Waals surface area contributed by atoms with Crippen molar-refractivity contribution in [3.63, 3.8) is 0 Å². The molecular formula is C19H21N3O4. The largest absolute Gasteiger partial charge is 0.497 e. The molecule has 0 saturated heterocycles. The van der Waals surface area contributed by atoms with E-state index in [2.05, 4.69) is 5.16 Å². The second-order valence-electron chi connectivity index (χ2n) is 5.98. The van der Waals surface area contributed by atoms with Gasteiger partial charge in [0.05, 0.1) is 13.7 Å². The van der Waals surface area contributed by atoms with Crippen molar-refractivity contribution in [1.29, 1.82) is 0 Å². The fourth-order valence-electron chi connectivity index (χ4n) is 2.65. The van der Waals surface area contributed by atoms with Crippen molar-refractivity contribution in [3.8, 4) is 17.0 Å². The molecule has 0 aliphatic carbocycles. The normalized spacial score (nSPS) is 10.8. The molecule has 26 heavy (non-hydrogen) atoms. The standard InChI is InChI=1S/C19H21N3O4/c1-3-4-10-22-18(23)9-11-21(19(22)24)13-16-12-17(20-26-16)14-5-7-15(25-2)8-6-14/h5-9,11-12H,3-4,10,13H2,1-2H3. The van der Waals surface area contributed by atoms with Gasteiger partial charge in [0.2, 0.25) is 0 Å². The van der Waals surface area contributed by atoms with Gasteiger partial charge in [0.1, 0.15) is 11.4 Å². The minimum Gasteiger partial charge on any atom is -0.497 e. The third kappa shape index (κ3) is 3.77. The van der Waals surface area contributed by atoms with Crippen LogP contribution in [-0.4, -0.2) is 21.4 Å². The van der Waals surface area contributed by atoms with Gasteiger partial charge in [-0.25, -0.2) is 4.79 Å². The molecule has 7 nitrogen and oxygen atoms in total. The average Bonchev–Trinajstić information content (AvgIpc) is 3.13. The van der Waals surface area contributed by atoms with E-state index in [1.807, 2.05) is 31.2 Å².